The molecule has 146 valence electrons. The number of rotatable bonds is 5. The number of hydrogen-bond acceptors (Lipinski definition) is 8. The molecule has 1 fully saturated rings. The number of methoxy groups -OCH3 is 1. The van der Waals surface area contributed by atoms with Crippen LogP contribution in [0.25, 0.3) is 5.65 Å². The molecule has 0 spiro atoms. The molecule has 4 heterocycles. The van der Waals surface area contributed by atoms with Crippen LogP contribution >= 0.6 is 0 Å². The van der Waals surface area contributed by atoms with Crippen molar-refractivity contribution in [3.05, 3.63) is 41.6 Å². The molecule has 10 heteroatoms. The highest BCUT2D eigenvalue weighted by Gasteiger charge is 2.19. The number of carbonyl (C=O) groups excluding carboxylic acids is 1. The molecule has 0 atom stereocenters. The molecule has 1 aliphatic rings. The van der Waals surface area contributed by atoms with E-state index < -0.39 is 0 Å². The van der Waals surface area contributed by atoms with Gasteiger partial charge >= 0.3 is 6.01 Å². The molecular weight excluding hydrogens is 362 g/mol. The highest BCUT2D eigenvalue weighted by Crippen LogP contribution is 2.15. The maximum Gasteiger partial charge on any atom is 0.321 e. The van der Waals surface area contributed by atoms with Gasteiger partial charge in [0.2, 0.25) is 5.95 Å². The highest BCUT2D eigenvalue weighted by atomic mass is 16.5. The Kier molecular flexibility index (Phi) is 5.02. The molecule has 1 aliphatic heterocycles. The number of aromatic nitrogens is 5. The summed E-state index contributed by atoms with van der Waals surface area (Å²) >= 11 is 0. The zero-order valence-electron chi connectivity index (χ0n) is 15.8. The van der Waals surface area contributed by atoms with Crippen LogP contribution in [0.1, 0.15) is 22.0 Å². The lowest BCUT2D eigenvalue weighted by Gasteiger charge is -2.26. The summed E-state index contributed by atoms with van der Waals surface area (Å²) < 4.78 is 12.3. The van der Waals surface area contributed by atoms with Crippen LogP contribution in [0.4, 0.5) is 5.95 Å². The van der Waals surface area contributed by atoms with E-state index in [1.807, 2.05) is 36.2 Å². The van der Waals surface area contributed by atoms with Gasteiger partial charge in [0.1, 0.15) is 11.3 Å². The van der Waals surface area contributed by atoms with Crippen LogP contribution in [0, 0.1) is 6.92 Å². The second-order valence-electron chi connectivity index (χ2n) is 6.30. The third-order valence-electron chi connectivity index (χ3n) is 4.45. The Hall–Kier alpha value is -3.27. The first-order chi connectivity index (χ1) is 13.7. The van der Waals surface area contributed by atoms with Gasteiger partial charge in [-0.3, -0.25) is 9.20 Å². The number of anilines is 1. The molecule has 0 aromatic carbocycles. The number of ether oxygens (including phenoxy) is 2. The quantitative estimate of drug-likeness (QED) is 0.683. The summed E-state index contributed by atoms with van der Waals surface area (Å²) in [5.74, 6) is 0.696. The van der Waals surface area contributed by atoms with E-state index in [2.05, 4.69) is 25.3 Å². The van der Waals surface area contributed by atoms with Crippen molar-refractivity contribution >= 4 is 17.5 Å². The monoisotopic (exact) mass is 383 g/mol. The number of nitrogens with zero attached hydrogens (tertiary/aromatic N) is 6. The van der Waals surface area contributed by atoms with Crippen molar-refractivity contribution in [2.75, 3.05) is 38.3 Å². The molecule has 4 rings (SSSR count). The van der Waals surface area contributed by atoms with Crippen molar-refractivity contribution in [2.24, 2.45) is 0 Å². The molecule has 1 amide bonds. The molecule has 3 aromatic heterocycles. The summed E-state index contributed by atoms with van der Waals surface area (Å²) in [5.41, 5.74) is 1.87. The lowest BCUT2D eigenvalue weighted by atomic mass is 10.3. The van der Waals surface area contributed by atoms with E-state index in [9.17, 15) is 4.79 Å². The van der Waals surface area contributed by atoms with Gasteiger partial charge in [-0.1, -0.05) is 6.07 Å². The van der Waals surface area contributed by atoms with Crippen LogP contribution in [-0.2, 0) is 11.3 Å². The molecule has 3 aromatic rings. The molecule has 0 radical (unpaired) electrons. The molecule has 0 bridgehead atoms. The number of amides is 1. The van der Waals surface area contributed by atoms with Gasteiger partial charge < -0.3 is 19.7 Å². The maximum absolute atomic E-state index is 12.8. The number of fused-ring (bicyclic) bond motifs is 1. The van der Waals surface area contributed by atoms with E-state index in [4.69, 9.17) is 9.47 Å². The zero-order valence-corrected chi connectivity index (χ0v) is 15.8. The number of pyridine rings is 1. The Bertz CT molecular complexity index is 998. The Morgan fingerprint density at radius 2 is 2.04 bits per heavy atom. The third-order valence-corrected chi connectivity index (χ3v) is 4.45. The predicted molar refractivity (Wildman–Crippen MR) is 101 cm³/mol. The van der Waals surface area contributed by atoms with Gasteiger partial charge in [0.05, 0.1) is 32.6 Å². The van der Waals surface area contributed by atoms with Crippen molar-refractivity contribution in [3.8, 4) is 6.01 Å². The summed E-state index contributed by atoms with van der Waals surface area (Å²) in [5, 5.41) is 2.86. The van der Waals surface area contributed by atoms with Crippen LogP contribution in [-0.4, -0.2) is 63.7 Å². The van der Waals surface area contributed by atoms with Crippen LogP contribution in [0.5, 0.6) is 6.01 Å². The van der Waals surface area contributed by atoms with Crippen molar-refractivity contribution in [2.45, 2.75) is 13.5 Å². The highest BCUT2D eigenvalue weighted by molar-refractivity contribution is 5.94. The van der Waals surface area contributed by atoms with Gasteiger partial charge in [0.25, 0.3) is 5.91 Å². The third kappa shape index (κ3) is 3.58. The summed E-state index contributed by atoms with van der Waals surface area (Å²) in [6.45, 7) is 4.58. The van der Waals surface area contributed by atoms with Crippen molar-refractivity contribution in [1.29, 1.82) is 0 Å². The van der Waals surface area contributed by atoms with Gasteiger partial charge in [-0.15, -0.1) is 0 Å². The SMILES string of the molecule is COc1nc(CNC(=O)c2c(C)nc3ccccn23)nc(N2CCOCC2)n1. The smallest absolute Gasteiger partial charge is 0.321 e. The van der Waals surface area contributed by atoms with Crippen LogP contribution in [0.3, 0.4) is 0 Å². The maximum atomic E-state index is 12.8. The number of imidazole rings is 1. The summed E-state index contributed by atoms with van der Waals surface area (Å²) in [4.78, 5) is 32.2. The van der Waals surface area contributed by atoms with Crippen molar-refractivity contribution in [3.63, 3.8) is 0 Å². The topological polar surface area (TPSA) is 107 Å². The molecule has 0 unspecified atom stereocenters. The van der Waals surface area contributed by atoms with Gasteiger partial charge in [-0.05, 0) is 19.1 Å². The predicted octanol–water partition coefficient (Wildman–Crippen LogP) is 0.603. The Morgan fingerprint density at radius 3 is 2.82 bits per heavy atom. The standard InChI is InChI=1S/C18H21N7O3/c1-12-15(25-6-4-3-5-14(25)20-12)16(26)19-11-13-21-17(23-18(22-13)27-2)24-7-9-28-10-8-24/h3-6H,7-11H2,1-2H3,(H,19,26). The average molecular weight is 383 g/mol. The van der Waals surface area contributed by atoms with Crippen LogP contribution < -0.4 is 15.0 Å². The first kappa shape index (κ1) is 18.1. The first-order valence-electron chi connectivity index (χ1n) is 8.99. The minimum Gasteiger partial charge on any atom is -0.467 e. The fraction of sp³-hybridized carbons (Fsp3) is 0.389. The molecular formula is C18H21N7O3. The molecule has 10 nitrogen and oxygen atoms in total. The normalized spacial score (nSPS) is 14.3. The number of carbonyl (C=O) groups is 1. The second-order valence-corrected chi connectivity index (χ2v) is 6.30. The van der Waals surface area contributed by atoms with Crippen molar-refractivity contribution in [1.82, 2.24) is 29.7 Å². The Balaban J connectivity index is 1.53. The Labute approximate surface area is 161 Å². The Morgan fingerprint density at radius 1 is 1.21 bits per heavy atom. The van der Waals surface area contributed by atoms with Gasteiger partial charge in [0, 0.05) is 19.3 Å². The average Bonchev–Trinajstić information content (AvgIpc) is 3.08. The van der Waals surface area contributed by atoms with E-state index in [-0.39, 0.29) is 18.5 Å². The number of morpholine rings is 1. The van der Waals surface area contributed by atoms with E-state index in [1.165, 1.54) is 7.11 Å². The summed E-state index contributed by atoms with van der Waals surface area (Å²) in [6, 6.07) is 5.81. The summed E-state index contributed by atoms with van der Waals surface area (Å²) in [6.07, 6.45) is 1.81. The molecule has 28 heavy (non-hydrogen) atoms. The fourth-order valence-corrected chi connectivity index (χ4v) is 3.09. The lowest BCUT2D eigenvalue weighted by Crippen LogP contribution is -2.37. The number of hydrogen-bond donors (Lipinski definition) is 1. The largest absolute Gasteiger partial charge is 0.467 e. The van der Waals surface area contributed by atoms with Gasteiger partial charge in [0.15, 0.2) is 5.82 Å². The lowest BCUT2D eigenvalue weighted by molar-refractivity contribution is 0.0943. The van der Waals surface area contributed by atoms with Crippen LogP contribution in [0.2, 0.25) is 0 Å². The van der Waals surface area contributed by atoms with Gasteiger partial charge in [-0.25, -0.2) is 4.98 Å². The zero-order chi connectivity index (χ0) is 19.5. The summed E-state index contributed by atoms with van der Waals surface area (Å²) in [7, 11) is 1.50. The second kappa shape index (κ2) is 7.77. The van der Waals surface area contributed by atoms with E-state index in [0.29, 0.717) is 49.5 Å². The molecule has 1 N–H and O–H groups in total. The van der Waals surface area contributed by atoms with Gasteiger partial charge in [-0.2, -0.15) is 15.0 Å². The molecule has 0 aliphatic carbocycles. The van der Waals surface area contributed by atoms with E-state index in [1.54, 1.807) is 4.40 Å². The molecule has 0 saturated carbocycles. The van der Waals surface area contributed by atoms with E-state index in [0.717, 1.165) is 5.65 Å². The minimum atomic E-state index is -0.247. The minimum absolute atomic E-state index is 0.147. The first-order valence-corrected chi connectivity index (χ1v) is 8.99. The van der Waals surface area contributed by atoms with Crippen LogP contribution in [0.15, 0.2) is 24.4 Å². The van der Waals surface area contributed by atoms with Crippen molar-refractivity contribution < 1.29 is 14.3 Å². The fourth-order valence-electron chi connectivity index (χ4n) is 3.09. The number of nitrogens with one attached hydrogen (secondary N) is 1. The number of aryl methyl sites for hydroxylation is 1. The molecule has 1 saturated heterocycles. The van der Waals surface area contributed by atoms with E-state index >= 15 is 0 Å².